The molecule has 0 fully saturated rings. The second-order valence-electron chi connectivity index (χ2n) is 6.30. The second kappa shape index (κ2) is 12.9. The molecule has 0 aromatic heterocycles. The standard InChI is InChI=1S/C19H26Br4O2/c1-3-5-7-8-10-13(9-6-4-2)12-25-19(24)14-11-15(20)17(22)18(23)16(14)21/h11,13H,3-10,12H2,1-2H3. The van der Waals surface area contributed by atoms with Crippen LogP contribution in [0.25, 0.3) is 0 Å². The summed E-state index contributed by atoms with van der Waals surface area (Å²) in [6.07, 6.45) is 9.66. The molecule has 0 amide bonds. The van der Waals surface area contributed by atoms with Gasteiger partial charge in [0.15, 0.2) is 0 Å². The third kappa shape index (κ3) is 8.02. The van der Waals surface area contributed by atoms with E-state index in [-0.39, 0.29) is 5.97 Å². The molecule has 1 aromatic carbocycles. The molecule has 0 heterocycles. The molecule has 6 heteroatoms. The highest BCUT2D eigenvalue weighted by molar-refractivity contribution is 9.15. The van der Waals surface area contributed by atoms with Gasteiger partial charge in [0.05, 0.1) is 12.2 Å². The van der Waals surface area contributed by atoms with Gasteiger partial charge in [0, 0.05) is 17.9 Å². The molecule has 25 heavy (non-hydrogen) atoms. The van der Waals surface area contributed by atoms with Crippen molar-refractivity contribution in [3.05, 3.63) is 29.5 Å². The highest BCUT2D eigenvalue weighted by Crippen LogP contribution is 2.39. The van der Waals surface area contributed by atoms with E-state index in [0.29, 0.717) is 22.6 Å². The topological polar surface area (TPSA) is 26.3 Å². The van der Waals surface area contributed by atoms with Crippen LogP contribution >= 0.6 is 63.7 Å². The van der Waals surface area contributed by atoms with E-state index in [0.717, 1.165) is 26.3 Å². The van der Waals surface area contributed by atoms with Crippen molar-refractivity contribution in [1.82, 2.24) is 0 Å². The molecule has 0 saturated heterocycles. The SMILES string of the molecule is CCCCCCC(CCCC)COC(=O)c1cc(Br)c(Br)c(Br)c1Br. The van der Waals surface area contributed by atoms with Gasteiger partial charge in [-0.2, -0.15) is 0 Å². The normalized spacial score (nSPS) is 12.2. The third-order valence-corrected chi connectivity index (χ3v) is 8.87. The predicted molar refractivity (Wildman–Crippen MR) is 119 cm³/mol. The van der Waals surface area contributed by atoms with Crippen LogP contribution in [-0.4, -0.2) is 12.6 Å². The number of carbonyl (C=O) groups is 1. The Balaban J connectivity index is 2.67. The molecule has 0 aliphatic rings. The van der Waals surface area contributed by atoms with E-state index in [2.05, 4.69) is 77.6 Å². The van der Waals surface area contributed by atoms with Crippen molar-refractivity contribution in [2.45, 2.75) is 65.2 Å². The van der Waals surface area contributed by atoms with E-state index in [9.17, 15) is 4.79 Å². The van der Waals surface area contributed by atoms with Gasteiger partial charge in [0.25, 0.3) is 0 Å². The van der Waals surface area contributed by atoms with Gasteiger partial charge in [-0.05, 0) is 88.5 Å². The summed E-state index contributed by atoms with van der Waals surface area (Å²) in [5, 5.41) is 0. The molecule has 0 spiro atoms. The average Bonchev–Trinajstić information content (AvgIpc) is 2.61. The van der Waals surface area contributed by atoms with Crippen molar-refractivity contribution in [2.24, 2.45) is 5.92 Å². The Kier molecular flexibility index (Phi) is 12.2. The molecule has 2 nitrogen and oxygen atoms in total. The van der Waals surface area contributed by atoms with E-state index < -0.39 is 0 Å². The van der Waals surface area contributed by atoms with Gasteiger partial charge in [-0.1, -0.05) is 52.4 Å². The lowest BCUT2D eigenvalue weighted by Gasteiger charge is -2.17. The summed E-state index contributed by atoms with van der Waals surface area (Å²) in [6, 6.07) is 1.78. The van der Waals surface area contributed by atoms with E-state index in [1.807, 2.05) is 0 Å². The molecule has 1 atom stereocenters. The summed E-state index contributed by atoms with van der Waals surface area (Å²) < 4.78 is 8.84. The Labute approximate surface area is 185 Å². The monoisotopic (exact) mass is 602 g/mol. The van der Waals surface area contributed by atoms with Crippen LogP contribution in [-0.2, 0) is 4.74 Å². The predicted octanol–water partition coefficient (Wildman–Crippen LogP) is 8.67. The van der Waals surface area contributed by atoms with Crippen LogP contribution in [0.1, 0.15) is 75.6 Å². The summed E-state index contributed by atoms with van der Waals surface area (Å²) in [7, 11) is 0. The summed E-state index contributed by atoms with van der Waals surface area (Å²) in [6.45, 7) is 4.93. The summed E-state index contributed by atoms with van der Waals surface area (Å²) in [4.78, 5) is 12.5. The highest BCUT2D eigenvalue weighted by atomic mass is 79.9. The zero-order chi connectivity index (χ0) is 18.8. The molecule has 1 unspecified atom stereocenters. The number of halogens is 4. The molecule has 0 aliphatic heterocycles. The minimum Gasteiger partial charge on any atom is -0.462 e. The number of esters is 1. The Bertz CT molecular complexity index is 561. The van der Waals surface area contributed by atoms with Gasteiger partial charge in [0.2, 0.25) is 0 Å². The van der Waals surface area contributed by atoms with Crippen LogP contribution in [0.5, 0.6) is 0 Å². The summed E-state index contributed by atoms with van der Waals surface area (Å²) in [5.41, 5.74) is 0.530. The van der Waals surface area contributed by atoms with Crippen LogP contribution in [0.3, 0.4) is 0 Å². The maximum absolute atomic E-state index is 12.5. The highest BCUT2D eigenvalue weighted by Gasteiger charge is 2.20. The fourth-order valence-corrected chi connectivity index (χ4v) is 4.83. The molecule has 0 aliphatic carbocycles. The third-order valence-electron chi connectivity index (χ3n) is 4.20. The molecular formula is C19H26Br4O2. The Morgan fingerprint density at radius 1 is 0.920 bits per heavy atom. The maximum Gasteiger partial charge on any atom is 0.339 e. The van der Waals surface area contributed by atoms with Gasteiger partial charge in [-0.15, -0.1) is 0 Å². The van der Waals surface area contributed by atoms with Crippen molar-refractivity contribution in [1.29, 1.82) is 0 Å². The summed E-state index contributed by atoms with van der Waals surface area (Å²) >= 11 is 13.9. The number of hydrogen-bond acceptors (Lipinski definition) is 2. The van der Waals surface area contributed by atoms with Crippen molar-refractivity contribution in [2.75, 3.05) is 6.61 Å². The van der Waals surface area contributed by atoms with Gasteiger partial charge in [-0.3, -0.25) is 0 Å². The first-order valence-corrected chi connectivity index (χ1v) is 12.1. The first kappa shape index (κ1) is 23.6. The Hall–Kier alpha value is 0.610. The van der Waals surface area contributed by atoms with Crippen LogP contribution in [0.15, 0.2) is 24.0 Å². The van der Waals surface area contributed by atoms with Gasteiger partial charge < -0.3 is 4.74 Å². The van der Waals surface area contributed by atoms with Crippen molar-refractivity contribution in [3.8, 4) is 0 Å². The van der Waals surface area contributed by atoms with Crippen molar-refractivity contribution in [3.63, 3.8) is 0 Å². The molecule has 0 bridgehead atoms. The maximum atomic E-state index is 12.5. The lowest BCUT2D eigenvalue weighted by atomic mass is 9.96. The number of ether oxygens (including phenoxy) is 1. The number of carbonyl (C=O) groups excluding carboxylic acids is 1. The van der Waals surface area contributed by atoms with Crippen LogP contribution in [0, 0.1) is 5.92 Å². The fourth-order valence-electron chi connectivity index (χ4n) is 2.66. The molecule has 142 valence electrons. The molecule has 0 N–H and O–H groups in total. The molecule has 0 saturated carbocycles. The van der Waals surface area contributed by atoms with Crippen LogP contribution < -0.4 is 0 Å². The van der Waals surface area contributed by atoms with Crippen molar-refractivity contribution < 1.29 is 9.53 Å². The first-order chi connectivity index (χ1) is 11.9. The number of unbranched alkanes of at least 4 members (excludes halogenated alkanes) is 4. The Morgan fingerprint density at radius 3 is 2.20 bits per heavy atom. The van der Waals surface area contributed by atoms with E-state index in [4.69, 9.17) is 4.74 Å². The van der Waals surface area contributed by atoms with Gasteiger partial charge >= 0.3 is 5.97 Å². The molecule has 1 aromatic rings. The van der Waals surface area contributed by atoms with E-state index >= 15 is 0 Å². The minimum atomic E-state index is -0.282. The Morgan fingerprint density at radius 2 is 1.56 bits per heavy atom. The summed E-state index contributed by atoms with van der Waals surface area (Å²) in [5.74, 6) is 0.178. The number of hydrogen-bond donors (Lipinski definition) is 0. The van der Waals surface area contributed by atoms with Gasteiger partial charge in [0.1, 0.15) is 0 Å². The smallest absolute Gasteiger partial charge is 0.339 e. The van der Waals surface area contributed by atoms with Crippen molar-refractivity contribution >= 4 is 69.7 Å². The fraction of sp³-hybridized carbons (Fsp3) is 0.632. The first-order valence-electron chi connectivity index (χ1n) is 8.92. The lowest BCUT2D eigenvalue weighted by Crippen LogP contribution is -2.15. The average molecular weight is 606 g/mol. The van der Waals surface area contributed by atoms with Crippen LogP contribution in [0.4, 0.5) is 0 Å². The molecule has 1 rings (SSSR count). The quantitative estimate of drug-likeness (QED) is 0.109. The van der Waals surface area contributed by atoms with Gasteiger partial charge in [-0.25, -0.2) is 4.79 Å². The van der Waals surface area contributed by atoms with Crippen LogP contribution in [0.2, 0.25) is 0 Å². The number of rotatable bonds is 11. The van der Waals surface area contributed by atoms with E-state index in [1.54, 1.807) is 6.07 Å². The molecule has 0 radical (unpaired) electrons. The largest absolute Gasteiger partial charge is 0.462 e. The zero-order valence-electron chi connectivity index (χ0n) is 14.8. The zero-order valence-corrected chi connectivity index (χ0v) is 21.2. The lowest BCUT2D eigenvalue weighted by molar-refractivity contribution is 0.0421. The minimum absolute atomic E-state index is 0.282. The number of benzene rings is 1. The second-order valence-corrected chi connectivity index (χ2v) is 9.54. The molecular weight excluding hydrogens is 580 g/mol. The van der Waals surface area contributed by atoms with E-state index in [1.165, 1.54) is 38.5 Å².